The highest BCUT2D eigenvalue weighted by atomic mass is 16.5. The van der Waals surface area contributed by atoms with E-state index >= 15 is 0 Å². The third-order valence-corrected chi connectivity index (χ3v) is 6.11. The number of piperidine rings is 2. The van der Waals surface area contributed by atoms with Crippen LogP contribution in [0.3, 0.4) is 0 Å². The summed E-state index contributed by atoms with van der Waals surface area (Å²) in [6, 6.07) is 11.1. The summed E-state index contributed by atoms with van der Waals surface area (Å²) in [5.41, 5.74) is 1.22. The van der Waals surface area contributed by atoms with E-state index in [4.69, 9.17) is 4.52 Å². The molecule has 0 aliphatic carbocycles. The molecule has 2 saturated heterocycles. The fourth-order valence-electron chi connectivity index (χ4n) is 4.60. The molecule has 0 bridgehead atoms. The number of aromatic nitrogens is 2. The molecule has 146 valence electrons. The van der Waals surface area contributed by atoms with Crippen LogP contribution < -0.4 is 0 Å². The Balaban J connectivity index is 1.29. The van der Waals surface area contributed by atoms with Crippen LogP contribution in [0.4, 0.5) is 0 Å². The molecule has 0 spiro atoms. The van der Waals surface area contributed by atoms with Crippen molar-refractivity contribution in [2.24, 2.45) is 5.92 Å². The molecule has 0 unspecified atom stereocenters. The Kier molecular flexibility index (Phi) is 6.20. The van der Waals surface area contributed by atoms with Gasteiger partial charge in [-0.2, -0.15) is 4.98 Å². The molecule has 5 nitrogen and oxygen atoms in total. The molecule has 0 N–H and O–H groups in total. The molecular formula is C22H32N4O. The summed E-state index contributed by atoms with van der Waals surface area (Å²) in [5.74, 6) is 2.31. The van der Waals surface area contributed by atoms with Crippen molar-refractivity contribution in [3.8, 4) is 0 Å². The summed E-state index contributed by atoms with van der Waals surface area (Å²) in [6.45, 7) is 8.01. The first kappa shape index (κ1) is 18.6. The molecule has 0 amide bonds. The third-order valence-electron chi connectivity index (χ3n) is 6.11. The lowest BCUT2D eigenvalue weighted by molar-refractivity contribution is 0.0865. The number of rotatable bonds is 6. The molecule has 0 saturated carbocycles. The molecule has 27 heavy (non-hydrogen) atoms. The highest BCUT2D eigenvalue weighted by Gasteiger charge is 2.26. The Hall–Kier alpha value is -1.72. The largest absolute Gasteiger partial charge is 0.338 e. The van der Waals surface area contributed by atoms with Gasteiger partial charge in [-0.1, -0.05) is 41.9 Å². The van der Waals surface area contributed by atoms with Crippen LogP contribution in [0.25, 0.3) is 0 Å². The fourth-order valence-corrected chi connectivity index (χ4v) is 4.60. The van der Waals surface area contributed by atoms with Crippen molar-refractivity contribution in [3.63, 3.8) is 0 Å². The number of hydrogen-bond donors (Lipinski definition) is 0. The predicted octanol–water partition coefficient (Wildman–Crippen LogP) is 3.75. The molecular weight excluding hydrogens is 336 g/mol. The molecule has 0 radical (unpaired) electrons. The first-order valence-corrected chi connectivity index (χ1v) is 10.6. The van der Waals surface area contributed by atoms with E-state index in [-0.39, 0.29) is 0 Å². The van der Waals surface area contributed by atoms with Crippen molar-refractivity contribution < 1.29 is 4.52 Å². The third kappa shape index (κ3) is 5.17. The molecule has 1 aromatic heterocycles. The van der Waals surface area contributed by atoms with Crippen LogP contribution in [0.1, 0.15) is 56.3 Å². The van der Waals surface area contributed by atoms with Crippen LogP contribution in [-0.4, -0.2) is 52.2 Å². The van der Waals surface area contributed by atoms with Gasteiger partial charge in [0.25, 0.3) is 0 Å². The summed E-state index contributed by atoms with van der Waals surface area (Å²) in [5, 5.41) is 4.18. The zero-order chi connectivity index (χ0) is 18.5. The first-order valence-electron chi connectivity index (χ1n) is 10.6. The van der Waals surface area contributed by atoms with Gasteiger partial charge in [-0.25, -0.2) is 0 Å². The smallest absolute Gasteiger partial charge is 0.240 e. The van der Waals surface area contributed by atoms with E-state index in [0.29, 0.717) is 0 Å². The second kappa shape index (κ2) is 8.98. The lowest BCUT2D eigenvalue weighted by atomic mass is 9.95. The van der Waals surface area contributed by atoms with Crippen LogP contribution in [-0.2, 0) is 13.0 Å². The average Bonchev–Trinajstić information content (AvgIpc) is 3.11. The van der Waals surface area contributed by atoms with E-state index in [9.17, 15) is 0 Å². The standard InChI is InChI=1S/C22H32N4O/c1-18-8-5-6-13-26(18)16-20-11-7-12-25(15-20)17-22-23-21(24-27-22)14-19-9-3-2-4-10-19/h2-4,9-10,18,20H,5-8,11-17H2,1H3/t18-,20-/m0/s1. The summed E-state index contributed by atoms with van der Waals surface area (Å²) >= 11 is 0. The zero-order valence-electron chi connectivity index (χ0n) is 16.5. The van der Waals surface area contributed by atoms with Gasteiger partial charge in [0.1, 0.15) is 0 Å². The van der Waals surface area contributed by atoms with Gasteiger partial charge in [-0.15, -0.1) is 0 Å². The monoisotopic (exact) mass is 368 g/mol. The van der Waals surface area contributed by atoms with Crippen molar-refractivity contribution >= 4 is 0 Å². The molecule has 2 aliphatic rings. The van der Waals surface area contributed by atoms with E-state index < -0.39 is 0 Å². The van der Waals surface area contributed by atoms with Gasteiger partial charge in [-0.3, -0.25) is 4.90 Å². The van der Waals surface area contributed by atoms with Crippen molar-refractivity contribution in [2.45, 2.75) is 58.0 Å². The molecule has 2 aliphatic heterocycles. The lowest BCUT2D eigenvalue weighted by Gasteiger charge is -2.39. The van der Waals surface area contributed by atoms with Crippen LogP contribution >= 0.6 is 0 Å². The maximum Gasteiger partial charge on any atom is 0.240 e. The average molecular weight is 369 g/mol. The van der Waals surface area contributed by atoms with Crippen molar-refractivity contribution in [1.29, 1.82) is 0 Å². The normalized spacial score (nSPS) is 24.9. The molecule has 4 rings (SSSR count). The minimum atomic E-state index is 0.736. The van der Waals surface area contributed by atoms with Gasteiger partial charge >= 0.3 is 0 Å². The van der Waals surface area contributed by atoms with Gasteiger partial charge in [0.2, 0.25) is 5.89 Å². The van der Waals surface area contributed by atoms with E-state index in [0.717, 1.165) is 49.7 Å². The number of benzene rings is 1. The van der Waals surface area contributed by atoms with Crippen LogP contribution in [0.5, 0.6) is 0 Å². The van der Waals surface area contributed by atoms with Gasteiger partial charge in [0.15, 0.2) is 5.82 Å². The Morgan fingerprint density at radius 3 is 2.81 bits per heavy atom. The van der Waals surface area contributed by atoms with Crippen LogP contribution in [0.15, 0.2) is 34.9 Å². The topological polar surface area (TPSA) is 45.4 Å². The van der Waals surface area contributed by atoms with Gasteiger partial charge < -0.3 is 9.42 Å². The second-order valence-corrected chi connectivity index (χ2v) is 8.35. The van der Waals surface area contributed by atoms with Crippen LogP contribution in [0.2, 0.25) is 0 Å². The molecule has 2 atom stereocenters. The fraction of sp³-hybridized carbons (Fsp3) is 0.636. The number of likely N-dealkylation sites (tertiary alicyclic amines) is 2. The van der Waals surface area contributed by atoms with E-state index in [2.05, 4.69) is 39.0 Å². The minimum absolute atomic E-state index is 0.736. The molecule has 2 fully saturated rings. The van der Waals surface area contributed by atoms with Gasteiger partial charge in [0, 0.05) is 25.6 Å². The first-order chi connectivity index (χ1) is 13.3. The molecule has 5 heteroatoms. The van der Waals surface area contributed by atoms with Gasteiger partial charge in [-0.05, 0) is 57.2 Å². The van der Waals surface area contributed by atoms with E-state index in [1.807, 2.05) is 18.2 Å². The number of hydrogen-bond acceptors (Lipinski definition) is 5. The summed E-state index contributed by atoms with van der Waals surface area (Å²) in [4.78, 5) is 9.84. The van der Waals surface area contributed by atoms with Crippen molar-refractivity contribution in [2.75, 3.05) is 26.2 Å². The maximum absolute atomic E-state index is 5.53. The van der Waals surface area contributed by atoms with Gasteiger partial charge in [0.05, 0.1) is 6.54 Å². The molecule has 1 aromatic carbocycles. The Morgan fingerprint density at radius 2 is 1.96 bits per heavy atom. The SMILES string of the molecule is C[C@H]1CCCCN1C[C@H]1CCCN(Cc2nc(Cc3ccccc3)no2)C1. The highest BCUT2D eigenvalue weighted by molar-refractivity contribution is 5.18. The molecule has 2 aromatic rings. The van der Waals surface area contributed by atoms with E-state index in [1.165, 1.54) is 50.8 Å². The lowest BCUT2D eigenvalue weighted by Crippen LogP contribution is -2.45. The quantitative estimate of drug-likeness (QED) is 0.777. The predicted molar refractivity (Wildman–Crippen MR) is 106 cm³/mol. The minimum Gasteiger partial charge on any atom is -0.338 e. The number of nitrogens with zero attached hydrogens (tertiary/aromatic N) is 4. The summed E-state index contributed by atoms with van der Waals surface area (Å²) < 4.78 is 5.53. The van der Waals surface area contributed by atoms with E-state index in [1.54, 1.807) is 0 Å². The van der Waals surface area contributed by atoms with Crippen LogP contribution in [0, 0.1) is 5.92 Å². The second-order valence-electron chi connectivity index (χ2n) is 8.35. The maximum atomic E-state index is 5.53. The zero-order valence-corrected chi connectivity index (χ0v) is 16.5. The molecule has 3 heterocycles. The summed E-state index contributed by atoms with van der Waals surface area (Å²) in [7, 11) is 0. The highest BCUT2D eigenvalue weighted by Crippen LogP contribution is 2.23. The summed E-state index contributed by atoms with van der Waals surface area (Å²) in [6.07, 6.45) is 7.49. The van der Waals surface area contributed by atoms with Crippen molar-refractivity contribution in [3.05, 3.63) is 47.6 Å². The Labute approximate surface area is 162 Å². The Morgan fingerprint density at radius 1 is 1.07 bits per heavy atom. The van der Waals surface area contributed by atoms with Crippen molar-refractivity contribution in [1.82, 2.24) is 19.9 Å². The Bertz CT molecular complexity index is 701.